The van der Waals surface area contributed by atoms with Crippen molar-refractivity contribution in [1.82, 2.24) is 4.90 Å². The molecule has 5 nitrogen and oxygen atoms in total. The predicted molar refractivity (Wildman–Crippen MR) is 84.9 cm³/mol. The molecule has 1 rings (SSSR count). The molecule has 6 heteroatoms. The second kappa shape index (κ2) is 8.36. The van der Waals surface area contributed by atoms with Crippen LogP contribution in [0.25, 0.3) is 0 Å². The van der Waals surface area contributed by atoms with Gasteiger partial charge in [-0.2, -0.15) is 0 Å². The van der Waals surface area contributed by atoms with E-state index in [2.05, 4.69) is 4.74 Å². The van der Waals surface area contributed by atoms with Crippen LogP contribution in [0.15, 0.2) is 24.3 Å². The Morgan fingerprint density at radius 1 is 1.29 bits per heavy atom. The summed E-state index contributed by atoms with van der Waals surface area (Å²) in [6.07, 6.45) is 1.01. The van der Waals surface area contributed by atoms with Gasteiger partial charge in [-0.15, -0.1) is 0 Å². The molecule has 0 fully saturated rings. The lowest BCUT2D eigenvalue weighted by Crippen LogP contribution is -2.37. The van der Waals surface area contributed by atoms with Gasteiger partial charge in [-0.1, -0.05) is 43.4 Å². The first-order chi connectivity index (χ1) is 9.97. The summed E-state index contributed by atoms with van der Waals surface area (Å²) in [5.74, 6) is -0.522. The Kier molecular flexibility index (Phi) is 6.81. The number of methoxy groups -OCH3 is 1. The number of nitrogens with two attached hydrogens (primary N) is 1. The number of hydrogen-bond donors (Lipinski definition) is 1. The highest BCUT2D eigenvalue weighted by Crippen LogP contribution is 2.07. The lowest BCUT2D eigenvalue weighted by atomic mass is 10.1. The lowest BCUT2D eigenvalue weighted by Gasteiger charge is -2.20. The number of thiocarbonyl (C=S) groups is 1. The van der Waals surface area contributed by atoms with Crippen LogP contribution in [0.3, 0.4) is 0 Å². The Morgan fingerprint density at radius 3 is 2.38 bits per heavy atom. The molecule has 0 unspecified atom stereocenters. The summed E-state index contributed by atoms with van der Waals surface area (Å²) in [5, 5.41) is 0. The molecule has 0 aliphatic heterocycles. The van der Waals surface area contributed by atoms with Crippen molar-refractivity contribution in [3.63, 3.8) is 0 Å². The van der Waals surface area contributed by atoms with Gasteiger partial charge in [0.15, 0.2) is 0 Å². The minimum atomic E-state index is -0.416. The summed E-state index contributed by atoms with van der Waals surface area (Å²) in [6.45, 7) is 2.46. The molecule has 0 radical (unpaired) electrons. The van der Waals surface area contributed by atoms with Crippen molar-refractivity contribution in [2.45, 2.75) is 19.8 Å². The van der Waals surface area contributed by atoms with E-state index in [9.17, 15) is 9.59 Å². The highest BCUT2D eigenvalue weighted by atomic mass is 32.1. The molecule has 0 aliphatic rings. The highest BCUT2D eigenvalue weighted by Gasteiger charge is 2.17. The van der Waals surface area contributed by atoms with E-state index in [1.807, 2.05) is 19.1 Å². The average Bonchev–Trinajstić information content (AvgIpc) is 2.47. The van der Waals surface area contributed by atoms with E-state index >= 15 is 0 Å². The van der Waals surface area contributed by atoms with Gasteiger partial charge in [-0.3, -0.25) is 9.59 Å². The van der Waals surface area contributed by atoms with E-state index in [4.69, 9.17) is 18.0 Å². The number of carbonyl (C=O) groups excluding carboxylic acids is 2. The third-order valence-corrected chi connectivity index (χ3v) is 3.22. The Morgan fingerprint density at radius 2 is 1.90 bits per heavy atom. The smallest absolute Gasteiger partial charge is 0.325 e. The van der Waals surface area contributed by atoms with Gasteiger partial charge in [0.05, 0.1) is 13.5 Å². The summed E-state index contributed by atoms with van der Waals surface area (Å²) >= 11 is 4.88. The van der Waals surface area contributed by atoms with E-state index < -0.39 is 5.97 Å². The summed E-state index contributed by atoms with van der Waals surface area (Å²) in [6, 6.07) is 7.20. The second-order valence-corrected chi connectivity index (χ2v) is 5.07. The summed E-state index contributed by atoms with van der Waals surface area (Å²) in [5.41, 5.74) is 7.15. The summed E-state index contributed by atoms with van der Waals surface area (Å²) in [7, 11) is 1.31. The van der Waals surface area contributed by atoms with Crippen LogP contribution < -0.4 is 5.73 Å². The molecule has 0 heterocycles. The molecular formula is C15H20N2O3S. The van der Waals surface area contributed by atoms with Crippen LogP contribution in [0.1, 0.15) is 24.5 Å². The van der Waals surface area contributed by atoms with E-state index in [1.165, 1.54) is 12.0 Å². The van der Waals surface area contributed by atoms with Crippen molar-refractivity contribution in [1.29, 1.82) is 0 Å². The van der Waals surface area contributed by atoms with E-state index in [-0.39, 0.29) is 18.9 Å². The molecular weight excluding hydrogens is 288 g/mol. The normalized spacial score (nSPS) is 10.0. The number of rotatable bonds is 7. The zero-order valence-electron chi connectivity index (χ0n) is 12.3. The standard InChI is InChI=1S/C15H20N2O3S/c1-3-8-17(10-14(19)20-2)13(18)9-11-4-6-12(7-5-11)15(16)21/h4-7H,3,8-10H2,1-2H3,(H2,16,21). The molecule has 0 saturated heterocycles. The van der Waals surface area contributed by atoms with Crippen molar-refractivity contribution in [2.24, 2.45) is 5.73 Å². The van der Waals surface area contributed by atoms with Crippen molar-refractivity contribution >= 4 is 29.1 Å². The second-order valence-electron chi connectivity index (χ2n) is 4.63. The monoisotopic (exact) mass is 308 g/mol. The molecule has 0 atom stereocenters. The Hall–Kier alpha value is -1.95. The van der Waals surface area contributed by atoms with E-state index in [0.717, 1.165) is 17.5 Å². The first-order valence-corrected chi connectivity index (χ1v) is 7.12. The SMILES string of the molecule is CCCN(CC(=O)OC)C(=O)Cc1ccc(C(N)=S)cc1. The van der Waals surface area contributed by atoms with Gasteiger partial charge in [0.25, 0.3) is 0 Å². The lowest BCUT2D eigenvalue weighted by molar-refractivity contribution is -0.146. The fourth-order valence-electron chi connectivity index (χ4n) is 1.86. The molecule has 1 aromatic rings. The Labute approximate surface area is 130 Å². The van der Waals surface area contributed by atoms with Gasteiger partial charge < -0.3 is 15.4 Å². The van der Waals surface area contributed by atoms with Gasteiger partial charge in [0.2, 0.25) is 5.91 Å². The van der Waals surface area contributed by atoms with Crippen LogP contribution in [0.4, 0.5) is 0 Å². The molecule has 0 spiro atoms. The van der Waals surface area contributed by atoms with Crippen LogP contribution in [0, 0.1) is 0 Å². The molecule has 0 saturated carbocycles. The van der Waals surface area contributed by atoms with Crippen molar-refractivity contribution in [3.8, 4) is 0 Å². The number of amides is 1. The number of benzene rings is 1. The highest BCUT2D eigenvalue weighted by molar-refractivity contribution is 7.80. The zero-order valence-corrected chi connectivity index (χ0v) is 13.1. The fourth-order valence-corrected chi connectivity index (χ4v) is 1.99. The average molecular weight is 308 g/mol. The molecule has 21 heavy (non-hydrogen) atoms. The predicted octanol–water partition coefficient (Wildman–Crippen LogP) is 1.27. The first kappa shape index (κ1) is 17.1. The topological polar surface area (TPSA) is 72.6 Å². The van der Waals surface area contributed by atoms with Crippen molar-refractivity contribution < 1.29 is 14.3 Å². The summed E-state index contributed by atoms with van der Waals surface area (Å²) in [4.78, 5) is 25.4. The van der Waals surface area contributed by atoms with Gasteiger partial charge in [0, 0.05) is 12.1 Å². The zero-order chi connectivity index (χ0) is 15.8. The van der Waals surface area contributed by atoms with Crippen molar-refractivity contribution in [3.05, 3.63) is 35.4 Å². The van der Waals surface area contributed by atoms with Gasteiger partial charge in [-0.25, -0.2) is 0 Å². The van der Waals surface area contributed by atoms with Crippen LogP contribution in [-0.2, 0) is 20.7 Å². The van der Waals surface area contributed by atoms with Crippen LogP contribution >= 0.6 is 12.2 Å². The maximum atomic E-state index is 12.2. The third kappa shape index (κ3) is 5.51. The van der Waals surface area contributed by atoms with Gasteiger partial charge in [0.1, 0.15) is 11.5 Å². The number of hydrogen-bond acceptors (Lipinski definition) is 4. The Bertz CT molecular complexity index is 514. The number of ether oxygens (including phenoxy) is 1. The van der Waals surface area contributed by atoms with Crippen LogP contribution in [0.5, 0.6) is 0 Å². The third-order valence-electron chi connectivity index (χ3n) is 2.99. The molecule has 114 valence electrons. The van der Waals surface area contributed by atoms with Gasteiger partial charge in [-0.05, 0) is 12.0 Å². The largest absolute Gasteiger partial charge is 0.468 e. The van der Waals surface area contributed by atoms with Gasteiger partial charge >= 0.3 is 5.97 Å². The minimum absolute atomic E-state index is 0.0197. The number of carbonyl (C=O) groups is 2. The van der Waals surface area contributed by atoms with Crippen molar-refractivity contribution in [2.75, 3.05) is 20.2 Å². The molecule has 1 aromatic carbocycles. The number of nitrogens with zero attached hydrogens (tertiary/aromatic N) is 1. The fraction of sp³-hybridized carbons (Fsp3) is 0.400. The quantitative estimate of drug-likeness (QED) is 0.607. The molecule has 1 amide bonds. The molecule has 0 aliphatic carbocycles. The first-order valence-electron chi connectivity index (χ1n) is 6.71. The Balaban J connectivity index is 2.71. The van der Waals surface area contributed by atoms with E-state index in [1.54, 1.807) is 12.1 Å². The number of esters is 1. The molecule has 0 bridgehead atoms. The molecule has 0 aromatic heterocycles. The van der Waals surface area contributed by atoms with Crippen LogP contribution in [0.2, 0.25) is 0 Å². The maximum absolute atomic E-state index is 12.2. The minimum Gasteiger partial charge on any atom is -0.468 e. The van der Waals surface area contributed by atoms with Crippen LogP contribution in [-0.4, -0.2) is 42.0 Å². The van der Waals surface area contributed by atoms with E-state index in [0.29, 0.717) is 11.5 Å². The molecule has 2 N–H and O–H groups in total. The maximum Gasteiger partial charge on any atom is 0.325 e. The summed E-state index contributed by atoms with van der Waals surface area (Å²) < 4.78 is 4.61.